The van der Waals surface area contributed by atoms with Gasteiger partial charge >= 0.3 is 0 Å². The number of hydrogen-bond acceptors (Lipinski definition) is 7. The minimum absolute atomic E-state index is 0.287. The maximum Gasteiger partial charge on any atom is 0.148 e. The van der Waals surface area contributed by atoms with Gasteiger partial charge in [-0.2, -0.15) is 15.5 Å². The van der Waals surface area contributed by atoms with E-state index in [-0.39, 0.29) is 6.10 Å². The largest absolute Gasteiger partial charge is 0.482 e. The fraction of sp³-hybridized carbons (Fsp3) is 0.429. The van der Waals surface area contributed by atoms with Gasteiger partial charge in [0, 0.05) is 42.3 Å². The van der Waals surface area contributed by atoms with Crippen LogP contribution in [0.15, 0.2) is 49.1 Å². The Bertz CT molecular complexity index is 1500. The average Bonchev–Trinajstić information content (AvgIpc) is 3.42. The summed E-state index contributed by atoms with van der Waals surface area (Å²) in [5.74, 6) is 0.606. The van der Waals surface area contributed by atoms with Crippen LogP contribution in [0.5, 0.6) is 5.75 Å². The first-order valence-electron chi connectivity index (χ1n) is 12.9. The quantitative estimate of drug-likeness (QED) is 0.400. The zero-order valence-electron chi connectivity index (χ0n) is 21.0. The van der Waals surface area contributed by atoms with Crippen molar-refractivity contribution < 1.29 is 9.47 Å². The van der Waals surface area contributed by atoms with E-state index in [4.69, 9.17) is 14.6 Å². The monoisotopic (exact) mass is 495 g/mol. The van der Waals surface area contributed by atoms with Gasteiger partial charge in [-0.1, -0.05) is 6.07 Å². The standard InChI is InChI=1S/C28H29N7O2/c1-18-24(12-32-35(18)22-8-28(9-22)16-33(17-28)23-14-36-15-23)20-7-26(27-21(10-29)11-31-34(27)13-20)37-19(2)25-5-3-4-6-30-25/h3-7,11-13,19,22-23H,8-9,14-17H2,1-2H3. The maximum atomic E-state index is 9.67. The van der Waals surface area contributed by atoms with Crippen LogP contribution in [0.4, 0.5) is 0 Å². The summed E-state index contributed by atoms with van der Waals surface area (Å²) in [6, 6.07) is 11.1. The van der Waals surface area contributed by atoms with Crippen molar-refractivity contribution in [1.82, 2.24) is 29.3 Å². The molecule has 1 atom stereocenters. The first-order valence-corrected chi connectivity index (χ1v) is 12.9. The number of aromatic nitrogens is 5. The molecule has 3 fully saturated rings. The van der Waals surface area contributed by atoms with Crippen molar-refractivity contribution in [3.63, 3.8) is 0 Å². The third-order valence-corrected chi connectivity index (χ3v) is 8.36. The molecular weight excluding hydrogens is 466 g/mol. The SMILES string of the molecule is Cc1c(-c2cc(OC(C)c3ccccn3)c3c(C#N)cnn3c2)cnn1C1CC2(C1)CN(C1COC1)C2. The fourth-order valence-corrected chi connectivity index (χ4v) is 6.22. The van der Waals surface area contributed by atoms with E-state index in [9.17, 15) is 5.26 Å². The van der Waals surface area contributed by atoms with Crippen LogP contribution >= 0.6 is 0 Å². The van der Waals surface area contributed by atoms with Crippen LogP contribution in [0.25, 0.3) is 16.6 Å². The molecule has 1 spiro atoms. The first-order chi connectivity index (χ1) is 18.0. The molecule has 0 bridgehead atoms. The normalized spacial score (nSPS) is 20.2. The lowest BCUT2D eigenvalue weighted by molar-refractivity contribution is -0.166. The van der Waals surface area contributed by atoms with E-state index >= 15 is 0 Å². The van der Waals surface area contributed by atoms with Gasteiger partial charge in [-0.25, -0.2) is 4.52 Å². The van der Waals surface area contributed by atoms with Crippen LogP contribution in [0.3, 0.4) is 0 Å². The topological polar surface area (TPSA) is 93.5 Å². The van der Waals surface area contributed by atoms with Gasteiger partial charge in [0.05, 0.1) is 43.4 Å². The number of fused-ring (bicyclic) bond motifs is 1. The fourth-order valence-electron chi connectivity index (χ4n) is 6.22. The first kappa shape index (κ1) is 22.5. The molecule has 1 aliphatic carbocycles. The molecule has 0 radical (unpaired) electrons. The van der Waals surface area contributed by atoms with Gasteiger partial charge in [0.15, 0.2) is 0 Å². The number of hydrogen-bond donors (Lipinski definition) is 0. The van der Waals surface area contributed by atoms with Crippen LogP contribution in [0.1, 0.15) is 48.9 Å². The van der Waals surface area contributed by atoms with Crippen molar-refractivity contribution in [3.05, 3.63) is 66.0 Å². The second kappa shape index (κ2) is 8.40. The molecule has 0 N–H and O–H groups in total. The number of pyridine rings is 2. The minimum Gasteiger partial charge on any atom is -0.482 e. The summed E-state index contributed by atoms with van der Waals surface area (Å²) < 4.78 is 15.7. The molecule has 9 nitrogen and oxygen atoms in total. The summed E-state index contributed by atoms with van der Waals surface area (Å²) in [5.41, 5.74) is 5.57. The average molecular weight is 496 g/mol. The minimum atomic E-state index is -0.287. The summed E-state index contributed by atoms with van der Waals surface area (Å²) >= 11 is 0. The van der Waals surface area contributed by atoms with Crippen LogP contribution in [-0.4, -0.2) is 61.6 Å². The molecule has 6 heterocycles. The molecule has 1 saturated carbocycles. The zero-order chi connectivity index (χ0) is 25.1. The smallest absolute Gasteiger partial charge is 0.148 e. The Morgan fingerprint density at radius 1 is 1.16 bits per heavy atom. The highest BCUT2D eigenvalue weighted by atomic mass is 16.5. The van der Waals surface area contributed by atoms with E-state index < -0.39 is 0 Å². The number of ether oxygens (including phenoxy) is 2. The zero-order valence-corrected chi connectivity index (χ0v) is 21.0. The predicted octanol–water partition coefficient (Wildman–Crippen LogP) is 3.95. The van der Waals surface area contributed by atoms with E-state index in [1.54, 1.807) is 16.9 Å². The third-order valence-electron chi connectivity index (χ3n) is 8.36. The number of nitriles is 1. The summed E-state index contributed by atoms with van der Waals surface area (Å²) in [4.78, 5) is 7.00. The molecular formula is C28H29N7O2. The van der Waals surface area contributed by atoms with Gasteiger partial charge < -0.3 is 9.47 Å². The van der Waals surface area contributed by atoms with Crippen LogP contribution < -0.4 is 4.74 Å². The predicted molar refractivity (Wildman–Crippen MR) is 136 cm³/mol. The van der Waals surface area contributed by atoms with Crippen molar-refractivity contribution in [2.45, 2.75) is 44.9 Å². The van der Waals surface area contributed by atoms with E-state index in [0.717, 1.165) is 35.7 Å². The highest BCUT2D eigenvalue weighted by molar-refractivity contribution is 5.76. The van der Waals surface area contributed by atoms with Gasteiger partial charge in [-0.05, 0) is 50.3 Å². The summed E-state index contributed by atoms with van der Waals surface area (Å²) in [5, 5.41) is 18.9. The van der Waals surface area contributed by atoms with Gasteiger partial charge in [0.2, 0.25) is 0 Å². The van der Waals surface area contributed by atoms with E-state index in [1.807, 2.05) is 43.6 Å². The highest BCUT2D eigenvalue weighted by Gasteiger charge is 2.55. The van der Waals surface area contributed by atoms with Crippen LogP contribution in [-0.2, 0) is 4.74 Å². The van der Waals surface area contributed by atoms with Crippen molar-refractivity contribution in [3.8, 4) is 22.9 Å². The Morgan fingerprint density at radius 3 is 2.70 bits per heavy atom. The van der Waals surface area contributed by atoms with Crippen LogP contribution in [0, 0.1) is 23.7 Å². The maximum absolute atomic E-state index is 9.67. The Kier molecular flexibility index (Phi) is 5.10. The molecule has 3 aliphatic rings. The van der Waals surface area contributed by atoms with E-state index in [1.165, 1.54) is 25.9 Å². The van der Waals surface area contributed by atoms with Crippen molar-refractivity contribution in [2.75, 3.05) is 26.3 Å². The lowest BCUT2D eigenvalue weighted by Crippen LogP contribution is -2.68. The second-order valence-corrected chi connectivity index (χ2v) is 10.8. The van der Waals surface area contributed by atoms with Crippen LogP contribution in [0.2, 0.25) is 0 Å². The van der Waals surface area contributed by atoms with Gasteiger partial charge in [-0.15, -0.1) is 0 Å². The van der Waals surface area contributed by atoms with Crippen molar-refractivity contribution >= 4 is 5.52 Å². The lowest BCUT2D eigenvalue weighted by Gasteiger charge is -2.62. The molecule has 4 aromatic rings. The summed E-state index contributed by atoms with van der Waals surface area (Å²) in [6.07, 6.45) is 9.31. The lowest BCUT2D eigenvalue weighted by atomic mass is 9.60. The molecule has 9 heteroatoms. The van der Waals surface area contributed by atoms with Crippen molar-refractivity contribution in [2.24, 2.45) is 5.41 Å². The second-order valence-electron chi connectivity index (χ2n) is 10.8. The Balaban J connectivity index is 1.16. The molecule has 0 aromatic carbocycles. The highest BCUT2D eigenvalue weighted by Crippen LogP contribution is 2.55. The molecule has 7 rings (SSSR count). The Labute approximate surface area is 215 Å². The van der Waals surface area contributed by atoms with E-state index in [2.05, 4.69) is 32.7 Å². The molecule has 4 aromatic heterocycles. The number of rotatable bonds is 6. The van der Waals surface area contributed by atoms with Crippen molar-refractivity contribution in [1.29, 1.82) is 5.26 Å². The molecule has 0 amide bonds. The Morgan fingerprint density at radius 2 is 2.00 bits per heavy atom. The number of likely N-dealkylation sites (tertiary alicyclic amines) is 1. The molecule has 37 heavy (non-hydrogen) atoms. The molecule has 2 saturated heterocycles. The van der Waals surface area contributed by atoms with Gasteiger partial charge in [0.25, 0.3) is 0 Å². The Hall–Kier alpha value is -3.74. The summed E-state index contributed by atoms with van der Waals surface area (Å²) in [6.45, 7) is 8.27. The third kappa shape index (κ3) is 3.63. The number of nitrogens with zero attached hydrogens (tertiary/aromatic N) is 7. The molecule has 2 aliphatic heterocycles. The van der Waals surface area contributed by atoms with E-state index in [0.29, 0.717) is 34.3 Å². The van der Waals surface area contributed by atoms with Gasteiger partial charge in [0.1, 0.15) is 29.0 Å². The molecule has 1 unspecified atom stereocenters. The molecule has 188 valence electrons. The summed E-state index contributed by atoms with van der Waals surface area (Å²) in [7, 11) is 0. The van der Waals surface area contributed by atoms with Gasteiger partial charge in [-0.3, -0.25) is 14.6 Å².